The van der Waals surface area contributed by atoms with E-state index >= 15 is 0 Å². The summed E-state index contributed by atoms with van der Waals surface area (Å²) in [7, 11) is 0. The number of ether oxygens (including phenoxy) is 6. The Morgan fingerprint density at radius 2 is 0.828 bits per heavy atom. The second kappa shape index (κ2) is 18.8. The highest BCUT2D eigenvalue weighted by Crippen LogP contribution is 2.49. The average Bonchev–Trinajstić information content (AvgIpc) is 3.72. The molecule has 64 heavy (non-hydrogen) atoms. The Balaban J connectivity index is 0.873. The second-order valence-electron chi connectivity index (χ2n) is 21.1. The highest BCUT2D eigenvalue weighted by atomic mass is 16.6. The molecule has 0 saturated carbocycles. The van der Waals surface area contributed by atoms with Crippen LogP contribution in [0.5, 0.6) is 23.0 Å². The maximum absolute atomic E-state index is 13.2. The SMILES string of the molecule is CC(C)(C)c1cc2c(c(C(C)(C)C)c1)OC(=O)C2c1ccc(OCCOC(=O)CCCCC(=O)OCCOc2ccc(C3C(=O)Oc4c3cc(C(C)(C)C)cc4C(C)(C)C)cc2)cc1. The molecule has 10 nitrogen and oxygen atoms in total. The molecule has 2 aliphatic heterocycles. The zero-order valence-electron chi connectivity index (χ0n) is 39.8. The fraction of sp³-hybridized carbons (Fsp3) is 0.481. The van der Waals surface area contributed by atoms with E-state index in [1.807, 2.05) is 48.5 Å². The van der Waals surface area contributed by atoms with E-state index in [9.17, 15) is 19.2 Å². The van der Waals surface area contributed by atoms with Crippen molar-refractivity contribution in [3.05, 3.63) is 117 Å². The predicted molar refractivity (Wildman–Crippen MR) is 247 cm³/mol. The van der Waals surface area contributed by atoms with Gasteiger partial charge in [-0.05, 0) is 81.0 Å². The van der Waals surface area contributed by atoms with Crippen LogP contribution in [-0.2, 0) is 50.3 Å². The van der Waals surface area contributed by atoms with Gasteiger partial charge in [-0.2, -0.15) is 0 Å². The average molecular weight is 875 g/mol. The van der Waals surface area contributed by atoms with E-state index in [1.165, 1.54) is 0 Å². The number of benzene rings is 4. The summed E-state index contributed by atoms with van der Waals surface area (Å²) in [5, 5.41) is 0. The third-order valence-electron chi connectivity index (χ3n) is 11.8. The summed E-state index contributed by atoms with van der Waals surface area (Å²) in [5.41, 5.74) is 7.16. The second-order valence-corrected chi connectivity index (χ2v) is 21.1. The minimum absolute atomic E-state index is 0.0799. The van der Waals surface area contributed by atoms with Gasteiger partial charge in [-0.3, -0.25) is 19.2 Å². The van der Waals surface area contributed by atoms with Gasteiger partial charge in [0.1, 0.15) is 61.3 Å². The molecule has 0 saturated heterocycles. The van der Waals surface area contributed by atoms with Gasteiger partial charge in [0.2, 0.25) is 0 Å². The smallest absolute Gasteiger partial charge is 0.323 e. The first kappa shape index (κ1) is 47.8. The molecule has 0 bridgehead atoms. The van der Waals surface area contributed by atoms with Gasteiger partial charge >= 0.3 is 23.9 Å². The first-order valence-corrected chi connectivity index (χ1v) is 22.5. The van der Waals surface area contributed by atoms with Crippen molar-refractivity contribution in [2.75, 3.05) is 26.4 Å². The van der Waals surface area contributed by atoms with Crippen molar-refractivity contribution in [1.29, 1.82) is 0 Å². The molecule has 10 heteroatoms. The predicted octanol–water partition coefficient (Wildman–Crippen LogP) is 11.1. The van der Waals surface area contributed by atoms with Crippen LogP contribution < -0.4 is 18.9 Å². The van der Waals surface area contributed by atoms with Gasteiger partial charge in [0.15, 0.2) is 0 Å². The normalized spacial score (nSPS) is 16.1. The van der Waals surface area contributed by atoms with Crippen LogP contribution in [0.2, 0.25) is 0 Å². The molecule has 0 fully saturated rings. The van der Waals surface area contributed by atoms with Crippen LogP contribution in [0.25, 0.3) is 0 Å². The van der Waals surface area contributed by atoms with Gasteiger partial charge in [0, 0.05) is 35.1 Å². The number of esters is 4. The van der Waals surface area contributed by atoms with Gasteiger partial charge in [-0.25, -0.2) is 0 Å². The number of rotatable bonds is 15. The summed E-state index contributed by atoms with van der Waals surface area (Å²) in [4.78, 5) is 51.1. The van der Waals surface area contributed by atoms with E-state index in [2.05, 4.69) is 107 Å². The molecule has 2 atom stereocenters. The molecule has 0 aromatic heterocycles. The lowest BCUT2D eigenvalue weighted by Crippen LogP contribution is -2.17. The topological polar surface area (TPSA) is 124 Å². The van der Waals surface area contributed by atoms with Gasteiger partial charge in [0.05, 0.1) is 0 Å². The molecule has 4 aromatic carbocycles. The molecule has 0 spiro atoms. The Morgan fingerprint density at radius 1 is 0.484 bits per heavy atom. The Bertz CT molecular complexity index is 2180. The molecule has 0 radical (unpaired) electrons. The van der Waals surface area contributed by atoms with Crippen molar-refractivity contribution in [2.45, 2.75) is 142 Å². The summed E-state index contributed by atoms with van der Waals surface area (Å²) in [6, 6.07) is 23.3. The van der Waals surface area contributed by atoms with E-state index < -0.39 is 11.8 Å². The monoisotopic (exact) mass is 874 g/mol. The lowest BCUT2D eigenvalue weighted by atomic mass is 9.77. The van der Waals surface area contributed by atoms with Crippen molar-refractivity contribution in [2.24, 2.45) is 0 Å². The number of fused-ring (bicyclic) bond motifs is 2. The van der Waals surface area contributed by atoms with Gasteiger partial charge in [-0.15, -0.1) is 0 Å². The number of carbonyl (C=O) groups is 4. The van der Waals surface area contributed by atoms with E-state index in [1.54, 1.807) is 0 Å². The van der Waals surface area contributed by atoms with Crippen molar-refractivity contribution in [3.8, 4) is 23.0 Å². The van der Waals surface area contributed by atoms with Gasteiger partial charge < -0.3 is 28.4 Å². The molecule has 2 aliphatic rings. The summed E-state index contributed by atoms with van der Waals surface area (Å²) in [5.74, 6) is 0.126. The first-order valence-electron chi connectivity index (χ1n) is 22.5. The molecule has 0 amide bonds. The van der Waals surface area contributed by atoms with Crippen LogP contribution in [0.4, 0.5) is 0 Å². The Kier molecular flexibility index (Phi) is 14.1. The zero-order valence-corrected chi connectivity index (χ0v) is 39.8. The van der Waals surface area contributed by atoms with Crippen LogP contribution in [-0.4, -0.2) is 50.3 Å². The maximum atomic E-state index is 13.2. The third-order valence-corrected chi connectivity index (χ3v) is 11.8. The van der Waals surface area contributed by atoms with Crippen LogP contribution in [0.15, 0.2) is 72.8 Å². The van der Waals surface area contributed by atoms with Crippen molar-refractivity contribution in [1.82, 2.24) is 0 Å². The number of hydrogen-bond donors (Lipinski definition) is 0. The molecule has 0 aliphatic carbocycles. The van der Waals surface area contributed by atoms with Gasteiger partial charge in [0.25, 0.3) is 0 Å². The third kappa shape index (κ3) is 11.4. The van der Waals surface area contributed by atoms with Crippen molar-refractivity contribution >= 4 is 23.9 Å². The van der Waals surface area contributed by atoms with E-state index in [0.29, 0.717) is 35.8 Å². The highest BCUT2D eigenvalue weighted by Gasteiger charge is 2.41. The largest absolute Gasteiger partial charge is 0.490 e. The van der Waals surface area contributed by atoms with Crippen LogP contribution in [0, 0.1) is 0 Å². The fourth-order valence-corrected chi connectivity index (χ4v) is 7.97. The quantitative estimate of drug-likeness (QED) is 0.0648. The summed E-state index contributed by atoms with van der Waals surface area (Å²) < 4.78 is 34.1. The van der Waals surface area contributed by atoms with E-state index in [-0.39, 0.29) is 84.8 Å². The standard InChI is InChI=1S/C54H66O10/c1-51(2,3)35-29-39-45(49(57)63-47(39)41(31-35)53(7,8)9)33-17-21-37(22-18-33)59-25-27-61-43(55)15-13-14-16-44(56)62-28-26-60-38-23-19-34(20-24-38)46-40-30-36(52(4,5)6)32-42(54(10,11)12)48(40)64-50(46)58/h17-24,29-32,45-46H,13-16,25-28H2,1-12H3. The molecule has 0 N–H and O–H groups in total. The Labute approximate surface area is 379 Å². The summed E-state index contributed by atoms with van der Waals surface area (Å²) in [6.45, 7) is 26.3. The number of unbranched alkanes of at least 4 members (excludes halogenated alkanes) is 1. The zero-order chi connectivity index (χ0) is 46.8. The minimum Gasteiger partial charge on any atom is -0.490 e. The molecular formula is C54H66O10. The Morgan fingerprint density at radius 3 is 1.14 bits per heavy atom. The first-order chi connectivity index (χ1) is 29.9. The van der Waals surface area contributed by atoms with Crippen LogP contribution >= 0.6 is 0 Å². The van der Waals surface area contributed by atoms with Crippen molar-refractivity contribution < 1.29 is 47.6 Å². The number of carbonyl (C=O) groups excluding carboxylic acids is 4. The molecule has 2 unspecified atom stereocenters. The van der Waals surface area contributed by atoms with Gasteiger partial charge in [-0.1, -0.05) is 132 Å². The van der Waals surface area contributed by atoms with Crippen LogP contribution in [0.3, 0.4) is 0 Å². The molecular weight excluding hydrogens is 809 g/mol. The lowest BCUT2D eigenvalue weighted by molar-refractivity contribution is -0.146. The molecule has 342 valence electrons. The summed E-state index contributed by atoms with van der Waals surface area (Å²) in [6.07, 6.45) is 1.31. The lowest BCUT2D eigenvalue weighted by Gasteiger charge is -2.27. The van der Waals surface area contributed by atoms with E-state index in [4.69, 9.17) is 28.4 Å². The van der Waals surface area contributed by atoms with E-state index in [0.717, 1.165) is 44.5 Å². The molecule has 2 heterocycles. The summed E-state index contributed by atoms with van der Waals surface area (Å²) >= 11 is 0. The molecule has 6 rings (SSSR count). The molecule has 4 aromatic rings. The highest BCUT2D eigenvalue weighted by molar-refractivity contribution is 5.91. The minimum atomic E-state index is -0.530. The number of hydrogen-bond acceptors (Lipinski definition) is 10. The van der Waals surface area contributed by atoms with Crippen LogP contribution in [0.1, 0.15) is 165 Å². The maximum Gasteiger partial charge on any atom is 0.323 e. The van der Waals surface area contributed by atoms with Crippen molar-refractivity contribution in [3.63, 3.8) is 0 Å². The fourth-order valence-electron chi connectivity index (χ4n) is 7.97. The Hall–Kier alpha value is -5.64.